The number of piperidine rings is 1. The number of alkyl halides is 3. The van der Waals surface area contributed by atoms with Gasteiger partial charge in [0.05, 0.1) is 27.1 Å². The second-order valence-electron chi connectivity index (χ2n) is 10.2. The van der Waals surface area contributed by atoms with Gasteiger partial charge < -0.3 is 9.80 Å². The van der Waals surface area contributed by atoms with Crippen LogP contribution >= 0.6 is 0 Å². The Morgan fingerprint density at radius 1 is 0.892 bits per heavy atom. The largest absolute Gasteiger partial charge is 0.393 e. The van der Waals surface area contributed by atoms with Gasteiger partial charge in [0.1, 0.15) is 0 Å². The summed E-state index contributed by atoms with van der Waals surface area (Å²) < 4.78 is 40.0. The summed E-state index contributed by atoms with van der Waals surface area (Å²) in [6.07, 6.45) is -0.543. The van der Waals surface area contributed by atoms with Crippen LogP contribution in [0.2, 0.25) is 0 Å². The summed E-state index contributed by atoms with van der Waals surface area (Å²) in [6.45, 7) is 0.872. The smallest absolute Gasteiger partial charge is 0.370 e. The van der Waals surface area contributed by atoms with Crippen LogP contribution < -0.4 is 9.80 Å². The molecule has 9 nitrogen and oxygen atoms in total. The number of halogens is 3. The molecule has 12 heteroatoms. The van der Waals surface area contributed by atoms with Crippen molar-refractivity contribution in [3.05, 3.63) is 67.8 Å². The number of hydrogen-bond acceptors (Lipinski definition) is 7. The average molecular weight is 518 g/mol. The van der Waals surface area contributed by atoms with Crippen molar-refractivity contribution in [3.8, 4) is 0 Å². The van der Waals surface area contributed by atoms with E-state index in [0.29, 0.717) is 18.8 Å². The Morgan fingerprint density at radius 2 is 1.46 bits per heavy atom. The van der Waals surface area contributed by atoms with Gasteiger partial charge in [-0.05, 0) is 49.7 Å². The van der Waals surface area contributed by atoms with Crippen molar-refractivity contribution in [2.45, 2.75) is 38.3 Å². The second-order valence-corrected chi connectivity index (χ2v) is 10.2. The zero-order valence-electron chi connectivity index (χ0n) is 19.9. The quantitative estimate of drug-likeness (QED) is 0.282. The molecule has 1 aliphatic carbocycles. The highest BCUT2D eigenvalue weighted by molar-refractivity contribution is 6.15. The zero-order chi connectivity index (χ0) is 26.5. The van der Waals surface area contributed by atoms with Crippen LogP contribution in [-0.4, -0.2) is 48.0 Å². The first-order valence-corrected chi connectivity index (χ1v) is 12.2. The van der Waals surface area contributed by atoms with Gasteiger partial charge in [0.15, 0.2) is 5.78 Å². The molecule has 0 amide bonds. The SMILES string of the molecule is O=C(c1ccc([N+](=O)[O-])cc1N1CCC(C(F)(F)F)C1)c1ccc([N+](=O)[O-])cc1N1CCCC2(CC2)C1. The fraction of sp³-hybridized carbons (Fsp3) is 0.480. The van der Waals surface area contributed by atoms with Crippen LogP contribution in [0.25, 0.3) is 0 Å². The van der Waals surface area contributed by atoms with Crippen LogP contribution in [0, 0.1) is 31.6 Å². The number of benzene rings is 2. The molecule has 5 rings (SSSR count). The van der Waals surface area contributed by atoms with E-state index in [1.807, 2.05) is 4.90 Å². The van der Waals surface area contributed by atoms with Crippen LogP contribution in [0.3, 0.4) is 0 Å². The fourth-order valence-corrected chi connectivity index (χ4v) is 5.56. The van der Waals surface area contributed by atoms with E-state index in [2.05, 4.69) is 0 Å². The van der Waals surface area contributed by atoms with E-state index in [1.165, 1.54) is 29.2 Å². The monoisotopic (exact) mass is 518 g/mol. The molecule has 1 spiro atoms. The third-order valence-corrected chi connectivity index (χ3v) is 7.82. The summed E-state index contributed by atoms with van der Waals surface area (Å²) in [5.74, 6) is -2.14. The van der Waals surface area contributed by atoms with Crippen LogP contribution in [0.15, 0.2) is 36.4 Å². The Bertz CT molecular complexity index is 1280. The Kier molecular flexibility index (Phi) is 6.07. The minimum absolute atomic E-state index is 0.00656. The molecule has 0 N–H and O–H groups in total. The highest BCUT2D eigenvalue weighted by Gasteiger charge is 2.46. The summed E-state index contributed by atoms with van der Waals surface area (Å²) in [5.41, 5.74) is 0.337. The van der Waals surface area contributed by atoms with E-state index >= 15 is 0 Å². The van der Waals surface area contributed by atoms with Crippen molar-refractivity contribution in [1.29, 1.82) is 0 Å². The topological polar surface area (TPSA) is 110 Å². The maximum atomic E-state index is 13.9. The van der Waals surface area contributed by atoms with E-state index in [4.69, 9.17) is 0 Å². The van der Waals surface area contributed by atoms with Crippen molar-refractivity contribution in [1.82, 2.24) is 0 Å². The number of ketones is 1. The molecule has 37 heavy (non-hydrogen) atoms. The van der Waals surface area contributed by atoms with Gasteiger partial charge in [-0.25, -0.2) is 0 Å². The van der Waals surface area contributed by atoms with E-state index in [1.54, 1.807) is 0 Å². The molecule has 1 atom stereocenters. The maximum Gasteiger partial charge on any atom is 0.393 e. The highest BCUT2D eigenvalue weighted by Crippen LogP contribution is 2.53. The highest BCUT2D eigenvalue weighted by atomic mass is 19.4. The lowest BCUT2D eigenvalue weighted by Gasteiger charge is -2.35. The number of carbonyl (C=O) groups excluding carboxylic acids is 1. The number of nitro benzene ring substituents is 2. The van der Waals surface area contributed by atoms with E-state index in [-0.39, 0.29) is 46.6 Å². The fourth-order valence-electron chi connectivity index (χ4n) is 5.56. The molecule has 2 aliphatic heterocycles. The molecule has 2 heterocycles. The maximum absolute atomic E-state index is 13.9. The third kappa shape index (κ3) is 4.84. The summed E-state index contributed by atoms with van der Waals surface area (Å²) in [7, 11) is 0. The van der Waals surface area contributed by atoms with Gasteiger partial charge in [0.25, 0.3) is 11.4 Å². The standard InChI is InChI=1S/C25H25F3N4O5/c26-25(27,28)16-6-11-29(14-16)21-12-17(31(34)35)2-4-19(21)23(33)20-5-3-18(32(36)37)13-22(20)30-10-1-7-24(15-30)8-9-24/h2-5,12-13,16H,1,6-11,14-15H2. The number of rotatable bonds is 6. The van der Waals surface area contributed by atoms with Gasteiger partial charge in [-0.15, -0.1) is 0 Å². The average Bonchev–Trinajstić information content (AvgIpc) is 3.39. The molecule has 1 unspecified atom stereocenters. The summed E-state index contributed by atoms with van der Waals surface area (Å²) in [4.78, 5) is 39.0. The van der Waals surface area contributed by atoms with Gasteiger partial charge in [-0.1, -0.05) is 0 Å². The lowest BCUT2D eigenvalue weighted by Crippen LogP contribution is -2.37. The first kappa shape index (κ1) is 25.0. The van der Waals surface area contributed by atoms with Gasteiger partial charge in [0.2, 0.25) is 0 Å². The van der Waals surface area contributed by atoms with E-state index in [0.717, 1.165) is 37.8 Å². The Balaban J connectivity index is 1.56. The van der Waals surface area contributed by atoms with E-state index < -0.39 is 34.3 Å². The van der Waals surface area contributed by atoms with Gasteiger partial charge in [-0.3, -0.25) is 25.0 Å². The normalized spacial score (nSPS) is 20.8. The van der Waals surface area contributed by atoms with Crippen LogP contribution in [0.1, 0.15) is 48.0 Å². The molecule has 196 valence electrons. The molecular weight excluding hydrogens is 493 g/mol. The Labute approximate surface area is 210 Å². The zero-order valence-corrected chi connectivity index (χ0v) is 19.9. The number of non-ortho nitro benzene ring substituents is 2. The van der Waals surface area contributed by atoms with Gasteiger partial charge in [0, 0.05) is 61.6 Å². The van der Waals surface area contributed by atoms with Gasteiger partial charge in [-0.2, -0.15) is 13.2 Å². The molecule has 3 fully saturated rings. The molecule has 1 saturated carbocycles. The molecule has 2 aromatic carbocycles. The van der Waals surface area contributed by atoms with Crippen LogP contribution in [-0.2, 0) is 0 Å². The summed E-state index contributed by atoms with van der Waals surface area (Å²) >= 11 is 0. The third-order valence-electron chi connectivity index (χ3n) is 7.82. The minimum atomic E-state index is -4.42. The number of nitro groups is 2. The predicted molar refractivity (Wildman–Crippen MR) is 129 cm³/mol. The van der Waals surface area contributed by atoms with Crippen LogP contribution in [0.5, 0.6) is 0 Å². The van der Waals surface area contributed by atoms with Crippen molar-refractivity contribution in [2.24, 2.45) is 11.3 Å². The van der Waals surface area contributed by atoms with Crippen molar-refractivity contribution in [3.63, 3.8) is 0 Å². The van der Waals surface area contributed by atoms with Crippen LogP contribution in [0.4, 0.5) is 35.9 Å². The number of anilines is 2. The molecule has 0 aromatic heterocycles. The molecular formula is C25H25F3N4O5. The minimum Gasteiger partial charge on any atom is -0.370 e. The lowest BCUT2D eigenvalue weighted by molar-refractivity contribution is -0.385. The number of nitrogens with zero attached hydrogens (tertiary/aromatic N) is 4. The number of carbonyl (C=O) groups is 1. The van der Waals surface area contributed by atoms with E-state index in [9.17, 15) is 38.2 Å². The summed E-state index contributed by atoms with van der Waals surface area (Å²) in [5, 5.41) is 22.9. The molecule has 2 saturated heterocycles. The first-order chi connectivity index (χ1) is 17.5. The van der Waals surface area contributed by atoms with Crippen molar-refractivity contribution in [2.75, 3.05) is 36.0 Å². The molecule has 2 aromatic rings. The second kappa shape index (κ2) is 9.00. The Hall–Kier alpha value is -3.70. The molecule has 0 bridgehead atoms. The molecule has 0 radical (unpaired) electrons. The first-order valence-electron chi connectivity index (χ1n) is 12.2. The van der Waals surface area contributed by atoms with Crippen molar-refractivity contribution >= 4 is 28.5 Å². The Morgan fingerprint density at radius 3 is 1.95 bits per heavy atom. The van der Waals surface area contributed by atoms with Gasteiger partial charge >= 0.3 is 6.18 Å². The lowest BCUT2D eigenvalue weighted by atomic mass is 9.92. The summed E-state index contributed by atoms with van der Waals surface area (Å²) in [6, 6.07) is 7.53. The molecule has 3 aliphatic rings. The number of hydrogen-bond donors (Lipinski definition) is 0. The van der Waals surface area contributed by atoms with Crippen molar-refractivity contribution < 1.29 is 27.8 Å². The predicted octanol–water partition coefficient (Wildman–Crippen LogP) is 5.50.